The molecule has 5 heteroatoms. The molecule has 0 aliphatic rings. The molecule has 2 aromatic rings. The van der Waals surface area contributed by atoms with Gasteiger partial charge in [-0.25, -0.2) is 0 Å². The van der Waals surface area contributed by atoms with Crippen molar-refractivity contribution in [1.29, 1.82) is 0 Å². The van der Waals surface area contributed by atoms with Gasteiger partial charge in [-0.2, -0.15) is 0 Å². The fraction of sp³-hybridized carbons (Fsp3) is 0.316. The highest BCUT2D eigenvalue weighted by Gasteiger charge is 2.30. The lowest BCUT2D eigenvalue weighted by Crippen LogP contribution is -2.45. The van der Waals surface area contributed by atoms with Crippen molar-refractivity contribution < 1.29 is 9.53 Å². The maximum absolute atomic E-state index is 12.5. The molecule has 0 saturated heterocycles. The van der Waals surface area contributed by atoms with Gasteiger partial charge in [-0.15, -0.1) is 12.4 Å². The van der Waals surface area contributed by atoms with E-state index in [9.17, 15) is 4.79 Å². The number of rotatable bonds is 5. The average molecular weight is 349 g/mol. The van der Waals surface area contributed by atoms with Crippen LogP contribution in [0.15, 0.2) is 48.5 Å². The van der Waals surface area contributed by atoms with Crippen molar-refractivity contribution in [2.24, 2.45) is 5.73 Å². The SMILES string of the molecule is Cc1cc(NC(=O)C(C)(N)c2ccccc2)ccc1OC(C)C.Cl. The second kappa shape index (κ2) is 8.18. The number of nitrogens with two attached hydrogens (primary N) is 1. The zero-order valence-electron chi connectivity index (χ0n) is 14.5. The molecule has 0 saturated carbocycles. The van der Waals surface area contributed by atoms with E-state index in [2.05, 4.69) is 5.32 Å². The third-order valence-electron chi connectivity index (χ3n) is 3.64. The topological polar surface area (TPSA) is 64.4 Å². The summed E-state index contributed by atoms with van der Waals surface area (Å²) in [5, 5.41) is 2.88. The number of anilines is 1. The predicted octanol–water partition coefficient (Wildman–Crippen LogP) is 4.02. The van der Waals surface area contributed by atoms with Gasteiger partial charge in [0.15, 0.2) is 0 Å². The minimum Gasteiger partial charge on any atom is -0.491 e. The highest BCUT2D eigenvalue weighted by molar-refractivity contribution is 5.98. The second-order valence-electron chi connectivity index (χ2n) is 6.17. The maximum Gasteiger partial charge on any atom is 0.248 e. The van der Waals surface area contributed by atoms with Gasteiger partial charge in [0.1, 0.15) is 11.3 Å². The molecule has 0 radical (unpaired) electrons. The monoisotopic (exact) mass is 348 g/mol. The van der Waals surface area contributed by atoms with Crippen LogP contribution in [0.1, 0.15) is 31.9 Å². The van der Waals surface area contributed by atoms with Crippen LogP contribution in [-0.2, 0) is 10.3 Å². The minimum absolute atomic E-state index is 0. The summed E-state index contributed by atoms with van der Waals surface area (Å²) in [5.41, 5.74) is 7.58. The molecule has 0 aliphatic heterocycles. The van der Waals surface area contributed by atoms with Crippen LogP contribution < -0.4 is 15.8 Å². The Morgan fingerprint density at radius 1 is 1.17 bits per heavy atom. The number of benzene rings is 2. The standard InChI is InChI=1S/C19H24N2O2.ClH/c1-13(2)23-17-11-10-16(12-14(17)3)21-18(22)19(4,20)15-8-6-5-7-9-15;/h5-13H,20H2,1-4H3,(H,21,22);1H. The molecule has 1 amide bonds. The molecule has 1 atom stereocenters. The molecule has 3 N–H and O–H groups in total. The van der Waals surface area contributed by atoms with E-state index < -0.39 is 5.54 Å². The number of halogens is 1. The van der Waals surface area contributed by atoms with Crippen LogP contribution in [0.2, 0.25) is 0 Å². The molecule has 0 aromatic heterocycles. The van der Waals surface area contributed by atoms with E-state index in [1.54, 1.807) is 6.92 Å². The number of hydrogen-bond donors (Lipinski definition) is 2. The van der Waals surface area contributed by atoms with Gasteiger partial charge in [0.2, 0.25) is 5.91 Å². The van der Waals surface area contributed by atoms with Crippen molar-refractivity contribution in [3.8, 4) is 5.75 Å². The van der Waals surface area contributed by atoms with E-state index in [1.165, 1.54) is 0 Å². The summed E-state index contributed by atoms with van der Waals surface area (Å²) in [4.78, 5) is 12.5. The summed E-state index contributed by atoms with van der Waals surface area (Å²) >= 11 is 0. The third-order valence-corrected chi connectivity index (χ3v) is 3.64. The van der Waals surface area contributed by atoms with Crippen LogP contribution in [-0.4, -0.2) is 12.0 Å². The Hall–Kier alpha value is -2.04. The summed E-state index contributed by atoms with van der Waals surface area (Å²) in [6.07, 6.45) is 0.111. The first kappa shape index (κ1) is 20.0. The minimum atomic E-state index is -1.09. The Labute approximate surface area is 149 Å². The zero-order valence-corrected chi connectivity index (χ0v) is 15.3. The molecule has 1 unspecified atom stereocenters. The van der Waals surface area contributed by atoms with E-state index >= 15 is 0 Å². The summed E-state index contributed by atoms with van der Waals surface area (Å²) in [6, 6.07) is 14.9. The quantitative estimate of drug-likeness (QED) is 0.857. The number of carbonyl (C=O) groups excluding carboxylic acids is 1. The van der Waals surface area contributed by atoms with Crippen molar-refractivity contribution in [1.82, 2.24) is 0 Å². The van der Waals surface area contributed by atoms with E-state index in [-0.39, 0.29) is 24.4 Å². The average Bonchev–Trinajstić information content (AvgIpc) is 2.50. The number of ether oxygens (including phenoxy) is 1. The van der Waals surface area contributed by atoms with Crippen molar-refractivity contribution in [2.75, 3.05) is 5.32 Å². The zero-order chi connectivity index (χ0) is 17.0. The van der Waals surface area contributed by atoms with Crippen LogP contribution >= 0.6 is 12.4 Å². The summed E-state index contributed by atoms with van der Waals surface area (Å²) in [7, 11) is 0. The fourth-order valence-corrected chi connectivity index (χ4v) is 2.29. The molecule has 0 aliphatic carbocycles. The lowest BCUT2D eigenvalue weighted by Gasteiger charge is -2.24. The highest BCUT2D eigenvalue weighted by Crippen LogP contribution is 2.25. The first-order valence-corrected chi connectivity index (χ1v) is 7.74. The van der Waals surface area contributed by atoms with E-state index in [0.717, 1.165) is 16.9 Å². The van der Waals surface area contributed by atoms with Crippen LogP contribution in [0, 0.1) is 6.92 Å². The Balaban J connectivity index is 0.00000288. The van der Waals surface area contributed by atoms with Gasteiger partial charge in [0, 0.05) is 5.69 Å². The van der Waals surface area contributed by atoms with Crippen molar-refractivity contribution >= 4 is 24.0 Å². The van der Waals surface area contributed by atoms with Crippen molar-refractivity contribution in [3.05, 3.63) is 59.7 Å². The summed E-state index contributed by atoms with van der Waals surface area (Å²) in [6.45, 7) is 7.62. The Morgan fingerprint density at radius 2 is 1.79 bits per heavy atom. The van der Waals surface area contributed by atoms with Crippen LogP contribution in [0.5, 0.6) is 5.75 Å². The third kappa shape index (κ3) is 4.73. The smallest absolute Gasteiger partial charge is 0.248 e. The molecule has 2 aromatic carbocycles. The summed E-state index contributed by atoms with van der Waals surface area (Å²) < 4.78 is 5.70. The number of hydrogen-bond acceptors (Lipinski definition) is 3. The number of carbonyl (C=O) groups is 1. The number of aryl methyl sites for hydroxylation is 1. The molecule has 2 rings (SSSR count). The molecule has 0 fully saturated rings. The molecular formula is C19H25ClN2O2. The van der Waals surface area contributed by atoms with E-state index in [0.29, 0.717) is 5.69 Å². The van der Waals surface area contributed by atoms with Gasteiger partial charge < -0.3 is 15.8 Å². The maximum atomic E-state index is 12.5. The number of nitrogens with one attached hydrogen (secondary N) is 1. The first-order valence-electron chi connectivity index (χ1n) is 7.74. The normalized spacial score (nSPS) is 12.9. The highest BCUT2D eigenvalue weighted by atomic mass is 35.5. The number of amides is 1. The van der Waals surface area contributed by atoms with Gasteiger partial charge in [-0.05, 0) is 57.0 Å². The van der Waals surface area contributed by atoms with Crippen molar-refractivity contribution in [2.45, 2.75) is 39.3 Å². The molecule has 130 valence electrons. The van der Waals surface area contributed by atoms with Gasteiger partial charge >= 0.3 is 0 Å². The molecule has 4 nitrogen and oxygen atoms in total. The molecule has 0 spiro atoms. The lowest BCUT2D eigenvalue weighted by atomic mass is 9.92. The molecule has 24 heavy (non-hydrogen) atoms. The van der Waals surface area contributed by atoms with E-state index in [4.69, 9.17) is 10.5 Å². The van der Waals surface area contributed by atoms with Crippen LogP contribution in [0.3, 0.4) is 0 Å². The molecular weight excluding hydrogens is 324 g/mol. The molecule has 0 heterocycles. The van der Waals surface area contributed by atoms with Crippen molar-refractivity contribution in [3.63, 3.8) is 0 Å². The van der Waals surface area contributed by atoms with Gasteiger partial charge in [0.05, 0.1) is 6.10 Å². The predicted molar refractivity (Wildman–Crippen MR) is 101 cm³/mol. The van der Waals surface area contributed by atoms with E-state index in [1.807, 2.05) is 69.3 Å². The van der Waals surface area contributed by atoms with Gasteiger partial charge in [-0.1, -0.05) is 30.3 Å². The fourth-order valence-electron chi connectivity index (χ4n) is 2.29. The Morgan fingerprint density at radius 3 is 2.33 bits per heavy atom. The van der Waals surface area contributed by atoms with Crippen LogP contribution in [0.25, 0.3) is 0 Å². The van der Waals surface area contributed by atoms with Crippen LogP contribution in [0.4, 0.5) is 5.69 Å². The largest absolute Gasteiger partial charge is 0.491 e. The molecule has 0 bridgehead atoms. The second-order valence-corrected chi connectivity index (χ2v) is 6.17. The first-order chi connectivity index (χ1) is 10.8. The lowest BCUT2D eigenvalue weighted by molar-refractivity contribution is -0.120. The van der Waals surface area contributed by atoms with Gasteiger partial charge in [0.25, 0.3) is 0 Å². The Kier molecular flexibility index (Phi) is 6.81. The summed E-state index contributed by atoms with van der Waals surface area (Å²) in [5.74, 6) is 0.567. The Bertz CT molecular complexity index is 685. The van der Waals surface area contributed by atoms with Gasteiger partial charge in [-0.3, -0.25) is 4.79 Å².